The number of nitrogens with zero attached hydrogens (tertiary/aromatic N) is 1. The fourth-order valence-electron chi connectivity index (χ4n) is 2.37. The van der Waals surface area contributed by atoms with Gasteiger partial charge in [0, 0.05) is 24.7 Å². The third-order valence-electron chi connectivity index (χ3n) is 3.25. The number of hydrogen-bond donors (Lipinski definition) is 2. The number of likely N-dealkylation sites (N-methyl/N-ethyl adjacent to an activating group) is 1. The zero-order chi connectivity index (χ0) is 9.31. The second-order valence-corrected chi connectivity index (χ2v) is 4.74. The summed E-state index contributed by atoms with van der Waals surface area (Å²) in [6, 6.07) is 0.773. The molecular formula is C10H21N3. The van der Waals surface area contributed by atoms with Gasteiger partial charge < -0.3 is 16.0 Å². The minimum absolute atomic E-state index is 0.230. The zero-order valence-corrected chi connectivity index (χ0v) is 8.55. The Kier molecular flexibility index (Phi) is 2.58. The molecule has 13 heavy (non-hydrogen) atoms. The predicted molar refractivity (Wildman–Crippen MR) is 54.7 cm³/mol. The Morgan fingerprint density at radius 1 is 1.54 bits per heavy atom. The van der Waals surface area contributed by atoms with Crippen LogP contribution in [0, 0.1) is 0 Å². The van der Waals surface area contributed by atoms with Crippen LogP contribution in [0.1, 0.15) is 25.7 Å². The highest BCUT2D eigenvalue weighted by atomic mass is 15.2. The van der Waals surface area contributed by atoms with Gasteiger partial charge in [-0.05, 0) is 39.3 Å². The van der Waals surface area contributed by atoms with Gasteiger partial charge in [-0.25, -0.2) is 0 Å². The third-order valence-corrected chi connectivity index (χ3v) is 3.25. The highest BCUT2D eigenvalue weighted by molar-refractivity contribution is 4.99. The molecule has 3 heteroatoms. The minimum Gasteiger partial charge on any atom is -0.329 e. The molecule has 1 saturated heterocycles. The molecule has 1 aliphatic carbocycles. The number of rotatable bonds is 3. The fraction of sp³-hybridized carbons (Fsp3) is 1.00. The molecule has 2 rings (SSSR count). The van der Waals surface area contributed by atoms with E-state index in [4.69, 9.17) is 5.73 Å². The SMILES string of the molecule is CN1CCCC(CN)(NC2CC2)C1. The van der Waals surface area contributed by atoms with Gasteiger partial charge in [-0.15, -0.1) is 0 Å². The molecule has 3 N–H and O–H groups in total. The first-order valence-corrected chi connectivity index (χ1v) is 5.40. The molecule has 2 fully saturated rings. The van der Waals surface area contributed by atoms with E-state index >= 15 is 0 Å². The molecule has 0 spiro atoms. The lowest BCUT2D eigenvalue weighted by Gasteiger charge is -2.41. The number of nitrogens with one attached hydrogen (secondary N) is 1. The first kappa shape index (κ1) is 9.44. The molecule has 3 nitrogen and oxygen atoms in total. The van der Waals surface area contributed by atoms with E-state index < -0.39 is 0 Å². The Morgan fingerprint density at radius 2 is 2.31 bits per heavy atom. The summed E-state index contributed by atoms with van der Waals surface area (Å²) in [5.41, 5.74) is 6.12. The summed E-state index contributed by atoms with van der Waals surface area (Å²) >= 11 is 0. The van der Waals surface area contributed by atoms with E-state index in [0.29, 0.717) is 0 Å². The lowest BCUT2D eigenvalue weighted by molar-refractivity contribution is 0.148. The highest BCUT2D eigenvalue weighted by Gasteiger charge is 2.37. The van der Waals surface area contributed by atoms with Gasteiger partial charge in [-0.1, -0.05) is 0 Å². The third kappa shape index (κ3) is 2.22. The molecule has 1 aliphatic heterocycles. The molecule has 1 atom stereocenters. The molecule has 0 aromatic rings. The van der Waals surface area contributed by atoms with Crippen molar-refractivity contribution < 1.29 is 0 Å². The van der Waals surface area contributed by atoms with Crippen LogP contribution in [-0.2, 0) is 0 Å². The van der Waals surface area contributed by atoms with E-state index in [1.165, 1.54) is 32.2 Å². The molecular weight excluding hydrogens is 162 g/mol. The number of nitrogens with two attached hydrogens (primary N) is 1. The van der Waals surface area contributed by atoms with Crippen molar-refractivity contribution in [3.05, 3.63) is 0 Å². The summed E-state index contributed by atoms with van der Waals surface area (Å²) < 4.78 is 0. The zero-order valence-electron chi connectivity index (χ0n) is 8.55. The van der Waals surface area contributed by atoms with Gasteiger partial charge in [0.05, 0.1) is 0 Å². The maximum absolute atomic E-state index is 5.89. The summed E-state index contributed by atoms with van der Waals surface area (Å²) in [6.45, 7) is 3.14. The van der Waals surface area contributed by atoms with E-state index in [1.807, 2.05) is 0 Å². The van der Waals surface area contributed by atoms with Crippen molar-refractivity contribution in [2.24, 2.45) is 5.73 Å². The minimum atomic E-state index is 0.230. The highest BCUT2D eigenvalue weighted by Crippen LogP contribution is 2.27. The Labute approximate surface area is 80.7 Å². The van der Waals surface area contributed by atoms with Crippen molar-refractivity contribution in [1.82, 2.24) is 10.2 Å². The molecule has 0 amide bonds. The first-order chi connectivity index (χ1) is 6.24. The second-order valence-electron chi connectivity index (χ2n) is 4.74. The smallest absolute Gasteiger partial charge is 0.0435 e. The van der Waals surface area contributed by atoms with Crippen LogP contribution in [0.3, 0.4) is 0 Å². The normalized spacial score (nSPS) is 36.5. The van der Waals surface area contributed by atoms with Gasteiger partial charge in [0.15, 0.2) is 0 Å². The van der Waals surface area contributed by atoms with Crippen molar-refractivity contribution in [2.45, 2.75) is 37.3 Å². The van der Waals surface area contributed by atoms with Crippen LogP contribution < -0.4 is 11.1 Å². The van der Waals surface area contributed by atoms with Gasteiger partial charge in [0.2, 0.25) is 0 Å². The molecule has 76 valence electrons. The van der Waals surface area contributed by atoms with Gasteiger partial charge in [0.25, 0.3) is 0 Å². The monoisotopic (exact) mass is 183 g/mol. The predicted octanol–water partition coefficient (Wildman–Crippen LogP) is 0.162. The molecule has 1 saturated carbocycles. The van der Waals surface area contributed by atoms with Crippen LogP contribution in [-0.4, -0.2) is 43.2 Å². The summed E-state index contributed by atoms with van der Waals surface area (Å²) in [7, 11) is 2.19. The van der Waals surface area contributed by atoms with Crippen molar-refractivity contribution >= 4 is 0 Å². The van der Waals surface area contributed by atoms with Crippen LogP contribution in [0.5, 0.6) is 0 Å². The second kappa shape index (κ2) is 3.56. The summed E-state index contributed by atoms with van der Waals surface area (Å²) in [6.07, 6.45) is 5.24. The molecule has 0 radical (unpaired) electrons. The van der Waals surface area contributed by atoms with E-state index in [0.717, 1.165) is 19.1 Å². The molecule has 0 aromatic carbocycles. The van der Waals surface area contributed by atoms with E-state index in [2.05, 4.69) is 17.3 Å². The fourth-order valence-corrected chi connectivity index (χ4v) is 2.37. The standard InChI is InChI=1S/C10H21N3/c1-13-6-2-5-10(7-11,8-13)12-9-3-4-9/h9,12H,2-8,11H2,1H3. The summed E-state index contributed by atoms with van der Waals surface area (Å²) in [5, 5.41) is 3.72. The Hall–Kier alpha value is -0.120. The summed E-state index contributed by atoms with van der Waals surface area (Å²) in [5.74, 6) is 0. The first-order valence-electron chi connectivity index (χ1n) is 5.40. The van der Waals surface area contributed by atoms with Gasteiger partial charge in [-0.2, -0.15) is 0 Å². The molecule has 1 heterocycles. The number of piperidine rings is 1. The molecule has 0 bridgehead atoms. The Morgan fingerprint density at radius 3 is 2.85 bits per heavy atom. The largest absolute Gasteiger partial charge is 0.329 e. The maximum atomic E-state index is 5.89. The van der Waals surface area contributed by atoms with Crippen molar-refractivity contribution in [2.75, 3.05) is 26.7 Å². The lowest BCUT2D eigenvalue weighted by atomic mass is 9.89. The molecule has 1 unspecified atom stereocenters. The molecule has 2 aliphatic rings. The van der Waals surface area contributed by atoms with Crippen LogP contribution >= 0.6 is 0 Å². The van der Waals surface area contributed by atoms with Crippen molar-refractivity contribution in [3.8, 4) is 0 Å². The van der Waals surface area contributed by atoms with Gasteiger partial charge >= 0.3 is 0 Å². The Balaban J connectivity index is 1.94. The van der Waals surface area contributed by atoms with Crippen LogP contribution in [0.2, 0.25) is 0 Å². The van der Waals surface area contributed by atoms with E-state index in [1.54, 1.807) is 0 Å². The maximum Gasteiger partial charge on any atom is 0.0435 e. The van der Waals surface area contributed by atoms with Gasteiger partial charge in [-0.3, -0.25) is 0 Å². The van der Waals surface area contributed by atoms with Gasteiger partial charge in [0.1, 0.15) is 0 Å². The Bertz CT molecular complexity index is 175. The summed E-state index contributed by atoms with van der Waals surface area (Å²) in [4.78, 5) is 2.39. The topological polar surface area (TPSA) is 41.3 Å². The number of hydrogen-bond acceptors (Lipinski definition) is 3. The van der Waals surface area contributed by atoms with Crippen LogP contribution in [0.15, 0.2) is 0 Å². The lowest BCUT2D eigenvalue weighted by Crippen LogP contribution is -2.60. The number of likely N-dealkylation sites (tertiary alicyclic amines) is 1. The van der Waals surface area contributed by atoms with E-state index in [9.17, 15) is 0 Å². The van der Waals surface area contributed by atoms with Crippen molar-refractivity contribution in [3.63, 3.8) is 0 Å². The van der Waals surface area contributed by atoms with Crippen molar-refractivity contribution in [1.29, 1.82) is 0 Å². The quantitative estimate of drug-likeness (QED) is 0.655. The van der Waals surface area contributed by atoms with E-state index in [-0.39, 0.29) is 5.54 Å². The average molecular weight is 183 g/mol. The molecule has 0 aromatic heterocycles. The van der Waals surface area contributed by atoms with Crippen LogP contribution in [0.25, 0.3) is 0 Å². The average Bonchev–Trinajstić information content (AvgIpc) is 2.88. The van der Waals surface area contributed by atoms with Crippen LogP contribution in [0.4, 0.5) is 0 Å².